The van der Waals surface area contributed by atoms with Crippen molar-refractivity contribution in [3.05, 3.63) is 53.0 Å². The average Bonchev–Trinajstić information content (AvgIpc) is 2.31. The molecule has 0 heterocycles. The van der Waals surface area contributed by atoms with Gasteiger partial charge >= 0.3 is 0 Å². The Kier molecular flexibility index (Phi) is 3.07. The summed E-state index contributed by atoms with van der Waals surface area (Å²) in [6.07, 6.45) is 0. The molecule has 0 atom stereocenters. The molecular formula is C13H11BrO. The number of hydrogen-bond acceptors (Lipinski definition) is 1. The zero-order chi connectivity index (χ0) is 10.7. The smallest absolute Gasteiger partial charge is 0.133 e. The minimum Gasteiger partial charge on any atom is -0.496 e. The van der Waals surface area contributed by atoms with E-state index in [1.165, 1.54) is 5.56 Å². The van der Waals surface area contributed by atoms with Gasteiger partial charge in [-0.2, -0.15) is 0 Å². The number of hydrogen-bond donors (Lipinski definition) is 0. The maximum Gasteiger partial charge on any atom is 0.133 e. The molecule has 0 N–H and O–H groups in total. The maximum absolute atomic E-state index is 5.26. The van der Waals surface area contributed by atoms with Gasteiger partial charge in [0.15, 0.2) is 0 Å². The third-order valence-electron chi connectivity index (χ3n) is 2.26. The molecule has 0 saturated carbocycles. The molecule has 0 amide bonds. The van der Waals surface area contributed by atoms with Crippen LogP contribution in [0.1, 0.15) is 0 Å². The monoisotopic (exact) mass is 262 g/mol. The van der Waals surface area contributed by atoms with E-state index in [0.29, 0.717) is 0 Å². The first-order chi connectivity index (χ1) is 7.31. The van der Waals surface area contributed by atoms with Crippen LogP contribution in [-0.4, -0.2) is 7.11 Å². The van der Waals surface area contributed by atoms with E-state index in [2.05, 4.69) is 34.1 Å². The summed E-state index contributed by atoms with van der Waals surface area (Å²) in [5.41, 5.74) is 2.36. The second-order valence-electron chi connectivity index (χ2n) is 3.22. The number of benzene rings is 2. The van der Waals surface area contributed by atoms with Crippen LogP contribution in [0.2, 0.25) is 0 Å². The van der Waals surface area contributed by atoms with E-state index in [4.69, 9.17) is 4.74 Å². The van der Waals surface area contributed by atoms with Crippen LogP contribution in [-0.2, 0) is 0 Å². The highest BCUT2D eigenvalue weighted by molar-refractivity contribution is 9.10. The van der Waals surface area contributed by atoms with Crippen LogP contribution >= 0.6 is 15.9 Å². The quantitative estimate of drug-likeness (QED) is 0.791. The standard InChI is InChI=1S/C13H11BrO/c1-15-13-9-11(7-8-12(13)14)10-5-3-2-4-6-10/h2-9H,1H3. The molecule has 15 heavy (non-hydrogen) atoms. The Morgan fingerprint density at radius 2 is 1.67 bits per heavy atom. The zero-order valence-corrected chi connectivity index (χ0v) is 9.99. The summed E-state index contributed by atoms with van der Waals surface area (Å²) in [4.78, 5) is 0. The first-order valence-electron chi connectivity index (χ1n) is 4.70. The summed E-state index contributed by atoms with van der Waals surface area (Å²) in [6, 6.07) is 16.3. The van der Waals surface area contributed by atoms with Crippen molar-refractivity contribution in [2.45, 2.75) is 0 Å². The summed E-state index contributed by atoms with van der Waals surface area (Å²) < 4.78 is 6.24. The van der Waals surface area contributed by atoms with Gasteiger partial charge in [0, 0.05) is 0 Å². The Hall–Kier alpha value is -1.28. The van der Waals surface area contributed by atoms with Crippen LogP contribution < -0.4 is 4.74 Å². The number of methoxy groups -OCH3 is 1. The molecular weight excluding hydrogens is 252 g/mol. The van der Waals surface area contributed by atoms with Crippen LogP contribution in [0.25, 0.3) is 11.1 Å². The van der Waals surface area contributed by atoms with Gasteiger partial charge in [-0.1, -0.05) is 36.4 Å². The Labute approximate surface area is 97.8 Å². The van der Waals surface area contributed by atoms with Gasteiger partial charge in [0.1, 0.15) is 5.75 Å². The maximum atomic E-state index is 5.26. The highest BCUT2D eigenvalue weighted by atomic mass is 79.9. The van der Waals surface area contributed by atoms with E-state index < -0.39 is 0 Å². The second kappa shape index (κ2) is 4.49. The predicted octanol–water partition coefficient (Wildman–Crippen LogP) is 4.12. The molecule has 0 unspecified atom stereocenters. The molecule has 0 aromatic heterocycles. The van der Waals surface area contributed by atoms with Crippen LogP contribution in [0.15, 0.2) is 53.0 Å². The molecule has 1 nitrogen and oxygen atoms in total. The van der Waals surface area contributed by atoms with Gasteiger partial charge in [-0.15, -0.1) is 0 Å². The van der Waals surface area contributed by atoms with Crippen molar-refractivity contribution in [2.24, 2.45) is 0 Å². The van der Waals surface area contributed by atoms with E-state index >= 15 is 0 Å². The lowest BCUT2D eigenvalue weighted by Gasteiger charge is -2.06. The second-order valence-corrected chi connectivity index (χ2v) is 4.07. The molecule has 0 bridgehead atoms. The van der Waals surface area contributed by atoms with Crippen molar-refractivity contribution in [1.29, 1.82) is 0 Å². The van der Waals surface area contributed by atoms with Crippen LogP contribution in [0.3, 0.4) is 0 Å². The van der Waals surface area contributed by atoms with Crippen molar-refractivity contribution in [3.63, 3.8) is 0 Å². The Morgan fingerprint density at radius 1 is 0.933 bits per heavy atom. The van der Waals surface area contributed by atoms with Crippen LogP contribution in [0, 0.1) is 0 Å². The summed E-state index contributed by atoms with van der Waals surface area (Å²) in [5.74, 6) is 0.858. The number of ether oxygens (including phenoxy) is 1. The Bertz CT molecular complexity index is 451. The number of rotatable bonds is 2. The fourth-order valence-corrected chi connectivity index (χ4v) is 1.88. The molecule has 76 valence electrons. The van der Waals surface area contributed by atoms with Crippen molar-refractivity contribution in [1.82, 2.24) is 0 Å². The molecule has 0 spiro atoms. The average molecular weight is 263 g/mol. The molecule has 0 fully saturated rings. The topological polar surface area (TPSA) is 9.23 Å². The summed E-state index contributed by atoms with van der Waals surface area (Å²) in [7, 11) is 1.68. The third-order valence-corrected chi connectivity index (χ3v) is 2.91. The van der Waals surface area contributed by atoms with Crippen LogP contribution in [0.4, 0.5) is 0 Å². The number of halogens is 1. The summed E-state index contributed by atoms with van der Waals surface area (Å²) >= 11 is 3.44. The van der Waals surface area contributed by atoms with E-state index in [1.807, 2.05) is 30.3 Å². The Morgan fingerprint density at radius 3 is 2.33 bits per heavy atom. The zero-order valence-electron chi connectivity index (χ0n) is 8.41. The summed E-state index contributed by atoms with van der Waals surface area (Å²) in [6.45, 7) is 0. The molecule has 2 aromatic rings. The normalized spacial score (nSPS) is 10.0. The van der Waals surface area contributed by atoms with E-state index in [-0.39, 0.29) is 0 Å². The minimum absolute atomic E-state index is 0.858. The molecule has 0 aliphatic carbocycles. The molecule has 0 aliphatic rings. The lowest BCUT2D eigenvalue weighted by Crippen LogP contribution is -1.85. The van der Waals surface area contributed by atoms with E-state index in [9.17, 15) is 0 Å². The van der Waals surface area contributed by atoms with Gasteiger partial charge in [-0.3, -0.25) is 0 Å². The van der Waals surface area contributed by atoms with Gasteiger partial charge in [0.05, 0.1) is 11.6 Å². The van der Waals surface area contributed by atoms with Gasteiger partial charge in [-0.05, 0) is 39.2 Å². The largest absolute Gasteiger partial charge is 0.496 e. The lowest BCUT2D eigenvalue weighted by atomic mass is 10.1. The Balaban J connectivity index is 2.46. The van der Waals surface area contributed by atoms with Gasteiger partial charge < -0.3 is 4.74 Å². The van der Waals surface area contributed by atoms with E-state index in [0.717, 1.165) is 15.8 Å². The van der Waals surface area contributed by atoms with Crippen molar-refractivity contribution >= 4 is 15.9 Å². The van der Waals surface area contributed by atoms with Crippen molar-refractivity contribution < 1.29 is 4.74 Å². The van der Waals surface area contributed by atoms with Gasteiger partial charge in [0.25, 0.3) is 0 Å². The van der Waals surface area contributed by atoms with Gasteiger partial charge in [-0.25, -0.2) is 0 Å². The first-order valence-corrected chi connectivity index (χ1v) is 5.49. The highest BCUT2D eigenvalue weighted by Gasteiger charge is 2.02. The highest BCUT2D eigenvalue weighted by Crippen LogP contribution is 2.30. The van der Waals surface area contributed by atoms with Crippen molar-refractivity contribution in [2.75, 3.05) is 7.11 Å². The first kappa shape index (κ1) is 10.2. The third kappa shape index (κ3) is 2.21. The molecule has 2 heteroatoms. The summed E-state index contributed by atoms with van der Waals surface area (Å²) in [5, 5.41) is 0. The predicted molar refractivity (Wildman–Crippen MR) is 66.1 cm³/mol. The SMILES string of the molecule is COc1cc(-c2ccccc2)ccc1Br. The molecule has 0 saturated heterocycles. The fourth-order valence-electron chi connectivity index (χ4n) is 1.47. The minimum atomic E-state index is 0.858. The molecule has 0 aliphatic heterocycles. The van der Waals surface area contributed by atoms with Gasteiger partial charge in [0.2, 0.25) is 0 Å². The molecule has 2 aromatic carbocycles. The molecule has 2 rings (SSSR count). The van der Waals surface area contributed by atoms with Crippen molar-refractivity contribution in [3.8, 4) is 16.9 Å². The molecule has 0 radical (unpaired) electrons. The lowest BCUT2D eigenvalue weighted by molar-refractivity contribution is 0.412. The van der Waals surface area contributed by atoms with Crippen LogP contribution in [0.5, 0.6) is 5.75 Å². The van der Waals surface area contributed by atoms with E-state index in [1.54, 1.807) is 7.11 Å². The fraction of sp³-hybridized carbons (Fsp3) is 0.0769.